The Balaban J connectivity index is 1.68. The van der Waals surface area contributed by atoms with Gasteiger partial charge in [0.15, 0.2) is 0 Å². The van der Waals surface area contributed by atoms with Gasteiger partial charge in [-0.15, -0.1) is 0 Å². The first-order valence-electron chi connectivity index (χ1n) is 7.24. The molecular formula is C16H17ClN2O3. The highest BCUT2D eigenvalue weighted by Crippen LogP contribution is 2.23. The molecule has 1 N–H and O–H groups in total. The van der Waals surface area contributed by atoms with E-state index in [0.29, 0.717) is 36.5 Å². The molecule has 1 aliphatic rings. The lowest BCUT2D eigenvalue weighted by molar-refractivity contribution is 0.0241. The molecule has 2 heterocycles. The Morgan fingerprint density at radius 1 is 1.41 bits per heavy atom. The van der Waals surface area contributed by atoms with Crippen LogP contribution in [0, 0.1) is 5.92 Å². The van der Waals surface area contributed by atoms with E-state index in [1.54, 1.807) is 4.90 Å². The van der Waals surface area contributed by atoms with Crippen molar-refractivity contribution in [2.45, 2.75) is 18.9 Å². The quantitative estimate of drug-likeness (QED) is 0.943. The normalized spacial score (nSPS) is 21.8. The molecule has 1 aliphatic heterocycles. The van der Waals surface area contributed by atoms with Crippen LogP contribution >= 0.6 is 11.6 Å². The summed E-state index contributed by atoms with van der Waals surface area (Å²) in [6, 6.07) is 7.59. The zero-order valence-electron chi connectivity index (χ0n) is 12.0. The maximum atomic E-state index is 12.3. The maximum absolute atomic E-state index is 12.3. The molecule has 116 valence electrons. The van der Waals surface area contributed by atoms with Crippen LogP contribution in [0.4, 0.5) is 0 Å². The Hall–Kier alpha value is -1.85. The SMILES string of the molecule is O=C(c1cnoc1)N1CC[C@@H](O)[C@H](Cc2ccc(Cl)cc2)C1. The van der Waals surface area contributed by atoms with E-state index >= 15 is 0 Å². The molecule has 1 fully saturated rings. The van der Waals surface area contributed by atoms with Crippen molar-refractivity contribution in [1.82, 2.24) is 10.1 Å². The molecule has 0 saturated carbocycles. The van der Waals surface area contributed by atoms with Crippen LogP contribution in [-0.2, 0) is 6.42 Å². The largest absolute Gasteiger partial charge is 0.393 e. The summed E-state index contributed by atoms with van der Waals surface area (Å²) < 4.78 is 4.72. The first-order valence-corrected chi connectivity index (χ1v) is 7.62. The van der Waals surface area contributed by atoms with E-state index in [-0.39, 0.29) is 11.8 Å². The minimum Gasteiger partial charge on any atom is -0.393 e. The molecule has 0 spiro atoms. The van der Waals surface area contributed by atoms with Gasteiger partial charge in [0.05, 0.1) is 17.9 Å². The predicted molar refractivity (Wildman–Crippen MR) is 81.7 cm³/mol. The first-order chi connectivity index (χ1) is 10.6. The van der Waals surface area contributed by atoms with Crippen molar-refractivity contribution in [3.63, 3.8) is 0 Å². The number of aliphatic hydroxyl groups excluding tert-OH is 1. The number of hydrogen-bond donors (Lipinski definition) is 1. The number of amides is 1. The van der Waals surface area contributed by atoms with Crippen molar-refractivity contribution in [2.24, 2.45) is 5.92 Å². The summed E-state index contributed by atoms with van der Waals surface area (Å²) in [6.07, 6.45) is 3.66. The third-order valence-corrected chi connectivity index (χ3v) is 4.32. The van der Waals surface area contributed by atoms with Crippen LogP contribution in [0.25, 0.3) is 0 Å². The molecule has 0 unspecified atom stereocenters. The Morgan fingerprint density at radius 2 is 2.18 bits per heavy atom. The number of carbonyl (C=O) groups is 1. The fourth-order valence-electron chi connectivity index (χ4n) is 2.82. The number of rotatable bonds is 3. The van der Waals surface area contributed by atoms with Crippen LogP contribution in [0.1, 0.15) is 22.3 Å². The van der Waals surface area contributed by atoms with Crippen LogP contribution < -0.4 is 0 Å². The molecule has 1 amide bonds. The summed E-state index contributed by atoms with van der Waals surface area (Å²) in [7, 11) is 0. The Bertz CT molecular complexity index is 627. The van der Waals surface area contributed by atoms with E-state index in [9.17, 15) is 9.90 Å². The van der Waals surface area contributed by atoms with E-state index in [2.05, 4.69) is 5.16 Å². The van der Waals surface area contributed by atoms with Crippen molar-refractivity contribution in [3.05, 3.63) is 52.9 Å². The second kappa shape index (κ2) is 6.50. The standard InChI is InChI=1S/C16H17ClN2O3/c17-14-3-1-11(2-4-14)7-12-9-19(6-5-15(12)20)16(21)13-8-18-22-10-13/h1-4,8,10,12,15,20H,5-7,9H2/t12-,15-/m1/s1. The lowest BCUT2D eigenvalue weighted by Gasteiger charge is -2.36. The van der Waals surface area contributed by atoms with E-state index < -0.39 is 6.10 Å². The monoisotopic (exact) mass is 320 g/mol. The minimum atomic E-state index is -0.401. The average Bonchev–Trinajstić information content (AvgIpc) is 3.05. The lowest BCUT2D eigenvalue weighted by atomic mass is 9.88. The highest BCUT2D eigenvalue weighted by atomic mass is 35.5. The maximum Gasteiger partial charge on any atom is 0.258 e. The second-order valence-corrected chi connectivity index (χ2v) is 6.05. The molecule has 0 aliphatic carbocycles. The fraction of sp³-hybridized carbons (Fsp3) is 0.375. The van der Waals surface area contributed by atoms with Gasteiger partial charge in [0.25, 0.3) is 5.91 Å². The smallest absolute Gasteiger partial charge is 0.258 e. The van der Waals surface area contributed by atoms with Crippen molar-refractivity contribution in [2.75, 3.05) is 13.1 Å². The highest BCUT2D eigenvalue weighted by Gasteiger charge is 2.31. The van der Waals surface area contributed by atoms with Gasteiger partial charge in [-0.25, -0.2) is 0 Å². The Morgan fingerprint density at radius 3 is 2.86 bits per heavy atom. The number of hydrogen-bond acceptors (Lipinski definition) is 4. The summed E-state index contributed by atoms with van der Waals surface area (Å²) >= 11 is 5.89. The summed E-state index contributed by atoms with van der Waals surface area (Å²) in [5.41, 5.74) is 1.55. The summed E-state index contributed by atoms with van der Waals surface area (Å²) in [5, 5.41) is 14.5. The number of piperidine rings is 1. The molecule has 5 nitrogen and oxygen atoms in total. The predicted octanol–water partition coefficient (Wildman–Crippen LogP) is 2.39. The highest BCUT2D eigenvalue weighted by molar-refractivity contribution is 6.30. The molecule has 0 bridgehead atoms. The molecule has 6 heteroatoms. The number of aromatic nitrogens is 1. The third kappa shape index (κ3) is 3.31. The lowest BCUT2D eigenvalue weighted by Crippen LogP contribution is -2.46. The zero-order chi connectivity index (χ0) is 15.5. The molecule has 1 aromatic carbocycles. The number of nitrogens with zero attached hydrogens (tertiary/aromatic N) is 2. The van der Waals surface area contributed by atoms with Crippen molar-refractivity contribution in [3.8, 4) is 0 Å². The molecule has 1 aromatic heterocycles. The molecule has 2 atom stereocenters. The molecular weight excluding hydrogens is 304 g/mol. The number of likely N-dealkylation sites (tertiary alicyclic amines) is 1. The first kappa shape index (κ1) is 15.1. The number of halogens is 1. The van der Waals surface area contributed by atoms with Gasteiger partial charge in [-0.3, -0.25) is 4.79 Å². The second-order valence-electron chi connectivity index (χ2n) is 5.61. The average molecular weight is 321 g/mol. The van der Waals surface area contributed by atoms with Gasteiger partial charge in [0.2, 0.25) is 0 Å². The van der Waals surface area contributed by atoms with Crippen LogP contribution in [-0.4, -0.2) is 40.3 Å². The van der Waals surface area contributed by atoms with Crippen LogP contribution in [0.2, 0.25) is 5.02 Å². The fourth-order valence-corrected chi connectivity index (χ4v) is 2.95. The van der Waals surface area contributed by atoms with Gasteiger partial charge in [-0.05, 0) is 30.5 Å². The van der Waals surface area contributed by atoms with E-state index in [1.165, 1.54) is 12.5 Å². The van der Waals surface area contributed by atoms with E-state index in [1.807, 2.05) is 24.3 Å². The van der Waals surface area contributed by atoms with Crippen molar-refractivity contribution in [1.29, 1.82) is 0 Å². The zero-order valence-corrected chi connectivity index (χ0v) is 12.7. The van der Waals surface area contributed by atoms with Crippen molar-refractivity contribution < 1.29 is 14.4 Å². The summed E-state index contributed by atoms with van der Waals surface area (Å²) in [4.78, 5) is 14.1. The van der Waals surface area contributed by atoms with Crippen LogP contribution in [0.15, 0.2) is 41.2 Å². The minimum absolute atomic E-state index is 0.0127. The number of aliphatic hydroxyl groups is 1. The molecule has 3 rings (SSSR count). The Labute approximate surface area is 133 Å². The summed E-state index contributed by atoms with van der Waals surface area (Å²) in [5.74, 6) is -0.0898. The van der Waals surface area contributed by atoms with Gasteiger partial charge in [0, 0.05) is 24.0 Å². The van der Waals surface area contributed by atoms with Gasteiger partial charge in [-0.1, -0.05) is 28.9 Å². The van der Waals surface area contributed by atoms with Gasteiger partial charge in [-0.2, -0.15) is 0 Å². The van der Waals surface area contributed by atoms with Crippen molar-refractivity contribution >= 4 is 17.5 Å². The Kier molecular flexibility index (Phi) is 4.45. The third-order valence-electron chi connectivity index (χ3n) is 4.07. The summed E-state index contributed by atoms with van der Waals surface area (Å²) in [6.45, 7) is 1.07. The molecule has 0 radical (unpaired) electrons. The van der Waals surface area contributed by atoms with E-state index in [0.717, 1.165) is 5.56 Å². The van der Waals surface area contributed by atoms with Gasteiger partial charge < -0.3 is 14.5 Å². The molecule has 1 saturated heterocycles. The number of carbonyl (C=O) groups excluding carboxylic acids is 1. The molecule has 22 heavy (non-hydrogen) atoms. The van der Waals surface area contributed by atoms with Gasteiger partial charge in [0.1, 0.15) is 6.26 Å². The number of benzene rings is 1. The van der Waals surface area contributed by atoms with Crippen LogP contribution in [0.3, 0.4) is 0 Å². The van der Waals surface area contributed by atoms with Gasteiger partial charge >= 0.3 is 0 Å². The van der Waals surface area contributed by atoms with Crippen LogP contribution in [0.5, 0.6) is 0 Å². The van der Waals surface area contributed by atoms with E-state index in [4.69, 9.17) is 16.1 Å². The molecule has 2 aromatic rings. The topological polar surface area (TPSA) is 66.6 Å².